The standard InChI is InChI=1S/C33H41Cl2N3O4S/c1-5-6-19-36-33(40)31(21-26-13-8-7-9-14-26)37(23-27-17-18-28(34)22-29(27)35)32(39)16-11-20-38(43(4,41)42)30-15-10-12-24(2)25(30)3/h7-10,12-15,17-18,22,31H,5-6,11,16,19-21,23H2,1-4H3,(H,36,40). The molecule has 0 bridgehead atoms. The van der Waals surface area contributed by atoms with Crippen LogP contribution in [0.2, 0.25) is 10.0 Å². The quantitative estimate of drug-likeness (QED) is 0.186. The molecular weight excluding hydrogens is 605 g/mol. The number of carbonyl (C=O) groups is 2. The number of anilines is 1. The van der Waals surface area contributed by atoms with Crippen molar-refractivity contribution in [3.05, 3.63) is 99.0 Å². The minimum absolute atomic E-state index is 0.0373. The van der Waals surface area contributed by atoms with Crippen molar-refractivity contribution in [2.24, 2.45) is 0 Å². The molecule has 7 nitrogen and oxygen atoms in total. The number of halogens is 2. The van der Waals surface area contributed by atoms with Gasteiger partial charge in [0.15, 0.2) is 0 Å². The fourth-order valence-electron chi connectivity index (χ4n) is 4.88. The molecule has 0 fully saturated rings. The average molecular weight is 647 g/mol. The molecule has 0 spiro atoms. The van der Waals surface area contributed by atoms with E-state index in [-0.39, 0.29) is 37.7 Å². The molecule has 2 amide bonds. The fraction of sp³-hybridized carbons (Fsp3) is 0.394. The molecule has 0 heterocycles. The second-order valence-electron chi connectivity index (χ2n) is 10.8. The Hall–Kier alpha value is -3.07. The third-order valence-electron chi connectivity index (χ3n) is 7.45. The third kappa shape index (κ3) is 9.98. The van der Waals surface area contributed by atoms with Crippen LogP contribution >= 0.6 is 23.2 Å². The molecule has 0 aliphatic carbocycles. The topological polar surface area (TPSA) is 86.8 Å². The zero-order chi connectivity index (χ0) is 31.6. The monoisotopic (exact) mass is 645 g/mol. The van der Waals surface area contributed by atoms with Crippen molar-refractivity contribution in [3.8, 4) is 0 Å². The van der Waals surface area contributed by atoms with Gasteiger partial charge < -0.3 is 10.2 Å². The number of sulfonamides is 1. The molecule has 43 heavy (non-hydrogen) atoms. The van der Waals surface area contributed by atoms with Gasteiger partial charge in [-0.3, -0.25) is 13.9 Å². The Kier molecular flexibility index (Phi) is 12.9. The van der Waals surface area contributed by atoms with E-state index in [9.17, 15) is 18.0 Å². The highest BCUT2D eigenvalue weighted by molar-refractivity contribution is 7.92. The van der Waals surface area contributed by atoms with Crippen LogP contribution in [0.5, 0.6) is 0 Å². The van der Waals surface area contributed by atoms with Gasteiger partial charge in [0.25, 0.3) is 0 Å². The van der Waals surface area contributed by atoms with Gasteiger partial charge in [-0.25, -0.2) is 8.42 Å². The van der Waals surface area contributed by atoms with E-state index in [1.165, 1.54) is 10.6 Å². The second-order valence-corrected chi connectivity index (χ2v) is 13.5. The van der Waals surface area contributed by atoms with Crippen molar-refractivity contribution in [3.63, 3.8) is 0 Å². The van der Waals surface area contributed by atoms with E-state index in [2.05, 4.69) is 5.32 Å². The molecule has 1 N–H and O–H groups in total. The van der Waals surface area contributed by atoms with E-state index in [1.54, 1.807) is 29.2 Å². The molecule has 0 saturated carbocycles. The number of carbonyl (C=O) groups excluding carboxylic acids is 2. The Morgan fingerprint density at radius 2 is 1.67 bits per heavy atom. The molecule has 0 aliphatic rings. The summed E-state index contributed by atoms with van der Waals surface area (Å²) in [6.07, 6.45) is 3.52. The van der Waals surface area contributed by atoms with Crippen LogP contribution in [-0.2, 0) is 32.6 Å². The SMILES string of the molecule is CCCCNC(=O)C(Cc1ccccc1)N(Cc1ccc(Cl)cc1Cl)C(=O)CCCN(c1cccc(C)c1C)S(C)(=O)=O. The van der Waals surface area contributed by atoms with Gasteiger partial charge in [0.1, 0.15) is 6.04 Å². The molecule has 0 aliphatic heterocycles. The first-order chi connectivity index (χ1) is 20.4. The lowest BCUT2D eigenvalue weighted by atomic mass is 10.0. The number of amides is 2. The van der Waals surface area contributed by atoms with E-state index >= 15 is 0 Å². The van der Waals surface area contributed by atoms with E-state index in [0.29, 0.717) is 34.3 Å². The summed E-state index contributed by atoms with van der Waals surface area (Å²) in [5.74, 6) is -0.518. The van der Waals surface area contributed by atoms with Crippen LogP contribution in [0.25, 0.3) is 0 Å². The molecule has 0 aromatic heterocycles. The summed E-state index contributed by atoms with van der Waals surface area (Å²) < 4.78 is 26.9. The summed E-state index contributed by atoms with van der Waals surface area (Å²) in [7, 11) is -3.60. The zero-order valence-corrected chi connectivity index (χ0v) is 27.6. The lowest BCUT2D eigenvalue weighted by molar-refractivity contribution is -0.141. The summed E-state index contributed by atoms with van der Waals surface area (Å²) in [4.78, 5) is 29.2. The van der Waals surface area contributed by atoms with Gasteiger partial charge in [-0.1, -0.05) is 85.1 Å². The predicted octanol–water partition coefficient (Wildman–Crippen LogP) is 6.71. The van der Waals surface area contributed by atoms with Crippen molar-refractivity contribution in [1.82, 2.24) is 10.2 Å². The van der Waals surface area contributed by atoms with Gasteiger partial charge in [0.2, 0.25) is 21.8 Å². The summed E-state index contributed by atoms with van der Waals surface area (Å²) in [6.45, 7) is 6.59. The number of nitrogens with one attached hydrogen (secondary N) is 1. The molecule has 3 aromatic carbocycles. The van der Waals surface area contributed by atoms with Crippen LogP contribution in [0.1, 0.15) is 54.9 Å². The zero-order valence-electron chi connectivity index (χ0n) is 25.3. The lowest BCUT2D eigenvalue weighted by Gasteiger charge is -2.32. The van der Waals surface area contributed by atoms with Crippen molar-refractivity contribution in [2.45, 2.75) is 65.5 Å². The molecule has 3 rings (SSSR count). The van der Waals surface area contributed by atoms with Crippen LogP contribution in [0.3, 0.4) is 0 Å². The molecule has 0 radical (unpaired) electrons. The third-order valence-corrected chi connectivity index (χ3v) is 9.22. The highest BCUT2D eigenvalue weighted by Gasteiger charge is 2.31. The lowest BCUT2D eigenvalue weighted by Crippen LogP contribution is -2.50. The van der Waals surface area contributed by atoms with Crippen molar-refractivity contribution in [2.75, 3.05) is 23.7 Å². The maximum absolute atomic E-state index is 14.0. The summed E-state index contributed by atoms with van der Waals surface area (Å²) in [5, 5.41) is 3.87. The van der Waals surface area contributed by atoms with Gasteiger partial charge in [0.05, 0.1) is 11.9 Å². The molecule has 3 aromatic rings. The number of nitrogens with zero attached hydrogens (tertiary/aromatic N) is 2. The molecule has 232 valence electrons. The van der Waals surface area contributed by atoms with Crippen LogP contribution in [0, 0.1) is 13.8 Å². The van der Waals surface area contributed by atoms with Gasteiger partial charge in [-0.15, -0.1) is 0 Å². The van der Waals surface area contributed by atoms with Crippen LogP contribution < -0.4 is 9.62 Å². The number of hydrogen-bond acceptors (Lipinski definition) is 4. The average Bonchev–Trinajstić information content (AvgIpc) is 2.95. The van der Waals surface area contributed by atoms with Crippen molar-refractivity contribution < 1.29 is 18.0 Å². The molecule has 10 heteroatoms. The first-order valence-corrected chi connectivity index (χ1v) is 17.1. The normalized spacial score (nSPS) is 12.0. The van der Waals surface area contributed by atoms with Crippen LogP contribution in [-0.4, -0.2) is 50.5 Å². The first kappa shape index (κ1) is 34.4. The number of hydrogen-bond donors (Lipinski definition) is 1. The molecule has 1 unspecified atom stereocenters. The maximum atomic E-state index is 14.0. The Bertz CT molecular complexity index is 1500. The minimum atomic E-state index is -3.60. The minimum Gasteiger partial charge on any atom is -0.354 e. The van der Waals surface area contributed by atoms with E-state index in [1.807, 2.05) is 63.2 Å². The van der Waals surface area contributed by atoms with Crippen molar-refractivity contribution >= 4 is 50.7 Å². The van der Waals surface area contributed by atoms with Gasteiger partial charge in [-0.2, -0.15) is 0 Å². The van der Waals surface area contributed by atoms with Gasteiger partial charge in [0, 0.05) is 42.5 Å². The Balaban J connectivity index is 1.92. The van der Waals surface area contributed by atoms with Crippen LogP contribution in [0.4, 0.5) is 5.69 Å². The fourth-order valence-corrected chi connectivity index (χ4v) is 6.37. The Labute approximate surface area is 266 Å². The van der Waals surface area contributed by atoms with E-state index < -0.39 is 16.1 Å². The van der Waals surface area contributed by atoms with Gasteiger partial charge >= 0.3 is 0 Å². The number of aryl methyl sites for hydroxylation is 1. The second kappa shape index (κ2) is 16.1. The number of unbranched alkanes of at least 4 members (excludes halogenated alkanes) is 1. The first-order valence-electron chi connectivity index (χ1n) is 14.5. The number of benzene rings is 3. The smallest absolute Gasteiger partial charge is 0.243 e. The van der Waals surface area contributed by atoms with Gasteiger partial charge in [-0.05, 0) is 67.1 Å². The summed E-state index contributed by atoms with van der Waals surface area (Å²) in [5.41, 5.74) is 4.01. The Morgan fingerprint density at radius 3 is 2.33 bits per heavy atom. The summed E-state index contributed by atoms with van der Waals surface area (Å²) in [6, 6.07) is 19.4. The Morgan fingerprint density at radius 1 is 0.953 bits per heavy atom. The largest absolute Gasteiger partial charge is 0.354 e. The summed E-state index contributed by atoms with van der Waals surface area (Å²) >= 11 is 12.7. The van der Waals surface area contributed by atoms with Crippen LogP contribution in [0.15, 0.2) is 66.7 Å². The maximum Gasteiger partial charge on any atom is 0.243 e. The van der Waals surface area contributed by atoms with E-state index in [4.69, 9.17) is 23.2 Å². The molecular formula is C33H41Cl2N3O4S. The molecule has 1 atom stereocenters. The number of rotatable bonds is 15. The highest BCUT2D eigenvalue weighted by atomic mass is 35.5. The van der Waals surface area contributed by atoms with E-state index in [0.717, 1.165) is 29.5 Å². The molecule has 0 saturated heterocycles. The highest BCUT2D eigenvalue weighted by Crippen LogP contribution is 2.27. The van der Waals surface area contributed by atoms with Crippen molar-refractivity contribution in [1.29, 1.82) is 0 Å². The predicted molar refractivity (Wildman–Crippen MR) is 176 cm³/mol.